The fourth-order valence-electron chi connectivity index (χ4n) is 6.80. The van der Waals surface area contributed by atoms with E-state index >= 15 is 0 Å². The number of amides is 2. The number of methoxy groups -OCH3 is 1. The van der Waals surface area contributed by atoms with Crippen LogP contribution in [0.5, 0.6) is 0 Å². The first-order valence-electron chi connectivity index (χ1n) is 17.6. The summed E-state index contributed by atoms with van der Waals surface area (Å²) in [4.78, 5) is 29.1. The molecule has 0 spiro atoms. The molecular formula is C38H54N6O5S. The number of hydrogen-bond donors (Lipinski definition) is 4. The molecule has 272 valence electrons. The molecule has 0 saturated carbocycles. The Labute approximate surface area is 297 Å². The highest BCUT2D eigenvalue weighted by Gasteiger charge is 2.43. The summed E-state index contributed by atoms with van der Waals surface area (Å²) in [5, 5.41) is 7.01. The molecular weight excluding hydrogens is 653 g/mol. The van der Waals surface area contributed by atoms with Crippen LogP contribution in [0.15, 0.2) is 89.8 Å². The van der Waals surface area contributed by atoms with Crippen molar-refractivity contribution in [1.29, 1.82) is 0 Å². The third kappa shape index (κ3) is 9.63. The van der Waals surface area contributed by atoms with Gasteiger partial charge in [-0.25, -0.2) is 13.2 Å². The van der Waals surface area contributed by atoms with Gasteiger partial charge in [0.2, 0.25) is 15.9 Å². The van der Waals surface area contributed by atoms with Crippen LogP contribution in [0.25, 0.3) is 0 Å². The molecule has 1 heterocycles. The summed E-state index contributed by atoms with van der Waals surface area (Å²) in [6.07, 6.45) is 2.26. The molecule has 11 nitrogen and oxygen atoms in total. The highest BCUT2D eigenvalue weighted by Crippen LogP contribution is 2.33. The summed E-state index contributed by atoms with van der Waals surface area (Å²) in [6, 6.07) is 23.2. The zero-order chi connectivity index (χ0) is 36.3. The number of carbonyl (C=O) groups is 2. The normalized spacial score (nSPS) is 17.6. The largest absolute Gasteiger partial charge is 0.453 e. The predicted molar refractivity (Wildman–Crippen MR) is 198 cm³/mol. The molecule has 2 amide bonds. The van der Waals surface area contributed by atoms with Gasteiger partial charge in [-0.15, -0.1) is 0 Å². The molecule has 0 aliphatic carbocycles. The van der Waals surface area contributed by atoms with Gasteiger partial charge in [0.25, 0.3) is 0 Å². The van der Waals surface area contributed by atoms with Crippen molar-refractivity contribution in [3.05, 3.63) is 96.1 Å². The SMILES string of the molecule is CCCCC(CN[C@@H]1CNC[C@H]1N(CCC(C)C)S(=O)(=O)c1ccc(N)cc1)N(C(=O)OC)[C@H](C(N)=O)C(c1ccccc1)c1ccccc1. The Morgan fingerprint density at radius 2 is 1.54 bits per heavy atom. The number of carbonyl (C=O) groups excluding carboxylic acids is 2. The Balaban J connectivity index is 1.70. The van der Waals surface area contributed by atoms with Crippen LogP contribution in [-0.4, -0.2) is 87.1 Å². The smallest absolute Gasteiger partial charge is 0.410 e. The number of nitrogen functional groups attached to an aromatic ring is 1. The van der Waals surface area contributed by atoms with Crippen molar-refractivity contribution in [2.45, 2.75) is 81.4 Å². The monoisotopic (exact) mass is 706 g/mol. The maximum Gasteiger partial charge on any atom is 0.410 e. The fourth-order valence-corrected chi connectivity index (χ4v) is 8.48. The number of hydrogen-bond acceptors (Lipinski definition) is 8. The Kier molecular flexibility index (Phi) is 14.2. The molecule has 1 aliphatic rings. The van der Waals surface area contributed by atoms with Gasteiger partial charge in [0.1, 0.15) is 6.04 Å². The van der Waals surface area contributed by atoms with Crippen molar-refractivity contribution in [3.63, 3.8) is 0 Å². The van der Waals surface area contributed by atoms with Crippen molar-refractivity contribution in [2.75, 3.05) is 39.0 Å². The van der Waals surface area contributed by atoms with E-state index in [-0.39, 0.29) is 17.5 Å². The summed E-state index contributed by atoms with van der Waals surface area (Å²) in [7, 11) is -2.55. The maximum absolute atomic E-state index is 14.1. The van der Waals surface area contributed by atoms with E-state index in [1.54, 1.807) is 28.6 Å². The second kappa shape index (κ2) is 18.3. The van der Waals surface area contributed by atoms with E-state index in [1.165, 1.54) is 12.0 Å². The number of primary amides is 1. The lowest BCUT2D eigenvalue weighted by molar-refractivity contribution is -0.124. The Morgan fingerprint density at radius 1 is 0.940 bits per heavy atom. The van der Waals surface area contributed by atoms with Gasteiger partial charge in [-0.05, 0) is 54.2 Å². The Hall–Kier alpha value is -3.97. The van der Waals surface area contributed by atoms with Gasteiger partial charge in [0.05, 0.1) is 18.0 Å². The van der Waals surface area contributed by atoms with Crippen LogP contribution in [-0.2, 0) is 19.6 Å². The first kappa shape index (κ1) is 38.8. The van der Waals surface area contributed by atoms with E-state index in [9.17, 15) is 18.0 Å². The minimum Gasteiger partial charge on any atom is -0.453 e. The molecule has 1 aliphatic heterocycles. The van der Waals surface area contributed by atoms with Crippen LogP contribution in [0.1, 0.15) is 63.5 Å². The minimum atomic E-state index is -3.86. The van der Waals surface area contributed by atoms with Crippen molar-refractivity contribution >= 4 is 27.7 Å². The first-order valence-corrected chi connectivity index (χ1v) is 19.0. The van der Waals surface area contributed by atoms with Gasteiger partial charge in [-0.3, -0.25) is 9.69 Å². The summed E-state index contributed by atoms with van der Waals surface area (Å²) >= 11 is 0. The molecule has 0 bridgehead atoms. The summed E-state index contributed by atoms with van der Waals surface area (Å²) in [5.74, 6) is -0.917. The Bertz CT molecular complexity index is 1570. The maximum atomic E-state index is 14.1. The molecule has 50 heavy (non-hydrogen) atoms. The van der Waals surface area contributed by atoms with Crippen molar-refractivity contribution in [3.8, 4) is 0 Å². The molecule has 4 atom stereocenters. The van der Waals surface area contributed by atoms with Gasteiger partial charge in [0, 0.05) is 49.9 Å². The van der Waals surface area contributed by atoms with Crippen LogP contribution in [0.4, 0.5) is 10.5 Å². The number of nitrogens with zero attached hydrogens (tertiary/aromatic N) is 2. The van der Waals surface area contributed by atoms with Crippen LogP contribution in [0.2, 0.25) is 0 Å². The molecule has 1 fully saturated rings. The summed E-state index contributed by atoms with van der Waals surface area (Å²) in [5.41, 5.74) is 14.3. The Morgan fingerprint density at radius 3 is 2.06 bits per heavy atom. The summed E-state index contributed by atoms with van der Waals surface area (Å²) in [6.45, 7) is 7.83. The third-order valence-corrected chi connectivity index (χ3v) is 11.4. The van der Waals surface area contributed by atoms with Crippen LogP contribution < -0.4 is 22.1 Å². The minimum absolute atomic E-state index is 0.191. The number of anilines is 1. The number of nitrogens with one attached hydrogen (secondary N) is 2. The lowest BCUT2D eigenvalue weighted by atomic mass is 9.83. The molecule has 4 rings (SSSR count). The van der Waals surface area contributed by atoms with E-state index in [1.807, 2.05) is 60.7 Å². The quantitative estimate of drug-likeness (QED) is 0.140. The molecule has 12 heteroatoms. The van der Waals surface area contributed by atoms with E-state index in [4.69, 9.17) is 16.2 Å². The lowest BCUT2D eigenvalue weighted by Crippen LogP contribution is -2.59. The molecule has 3 aromatic rings. The van der Waals surface area contributed by atoms with Crippen molar-refractivity contribution in [1.82, 2.24) is 19.8 Å². The van der Waals surface area contributed by atoms with Gasteiger partial charge in [-0.1, -0.05) is 94.3 Å². The van der Waals surface area contributed by atoms with Gasteiger partial charge in [0.15, 0.2) is 0 Å². The van der Waals surface area contributed by atoms with Gasteiger partial charge in [-0.2, -0.15) is 4.31 Å². The lowest BCUT2D eigenvalue weighted by Gasteiger charge is -2.40. The van der Waals surface area contributed by atoms with E-state index in [0.29, 0.717) is 44.1 Å². The number of unbranched alkanes of at least 4 members (excludes halogenated alkanes) is 1. The molecule has 0 radical (unpaired) electrons. The molecule has 3 aromatic carbocycles. The van der Waals surface area contributed by atoms with Crippen LogP contribution in [0.3, 0.4) is 0 Å². The zero-order valence-electron chi connectivity index (χ0n) is 29.7. The van der Waals surface area contributed by atoms with E-state index in [2.05, 4.69) is 31.4 Å². The van der Waals surface area contributed by atoms with E-state index in [0.717, 1.165) is 24.0 Å². The summed E-state index contributed by atoms with van der Waals surface area (Å²) < 4.78 is 35.2. The number of benzene rings is 3. The number of nitrogens with two attached hydrogens (primary N) is 2. The van der Waals surface area contributed by atoms with E-state index < -0.39 is 46.1 Å². The number of rotatable bonds is 18. The standard InChI is InChI=1S/C38H54N6O5S/c1-5-6-17-31(44(38(46)49-4)36(37(40)45)35(28-13-9-7-10-14-28)29-15-11-8-12-16-29)24-42-33-25-41-26-34(33)43(23-22-27(2)3)50(47,48)32-20-18-30(39)19-21-32/h7-16,18-21,27,31,33-36,41-42H,5-6,17,22-26,39H2,1-4H3,(H2,40,45)/t31?,33-,34-,36+/m1/s1. The highest BCUT2D eigenvalue weighted by molar-refractivity contribution is 7.89. The van der Waals surface area contributed by atoms with Gasteiger partial charge >= 0.3 is 6.09 Å². The fraction of sp³-hybridized carbons (Fsp3) is 0.474. The molecule has 1 unspecified atom stereocenters. The first-order chi connectivity index (χ1) is 24.0. The molecule has 6 N–H and O–H groups in total. The van der Waals surface area contributed by atoms with Gasteiger partial charge < -0.3 is 26.8 Å². The average molecular weight is 707 g/mol. The second-order valence-electron chi connectivity index (χ2n) is 13.4. The van der Waals surface area contributed by atoms with Crippen molar-refractivity contribution < 1.29 is 22.7 Å². The number of sulfonamides is 1. The van der Waals surface area contributed by atoms with Crippen molar-refractivity contribution in [2.24, 2.45) is 11.7 Å². The highest BCUT2D eigenvalue weighted by atomic mass is 32.2. The second-order valence-corrected chi connectivity index (χ2v) is 15.3. The third-order valence-electron chi connectivity index (χ3n) is 9.48. The number of ether oxygens (including phenoxy) is 1. The van der Waals surface area contributed by atoms with Crippen LogP contribution in [0, 0.1) is 5.92 Å². The zero-order valence-corrected chi connectivity index (χ0v) is 30.5. The van der Waals surface area contributed by atoms with Crippen LogP contribution >= 0.6 is 0 Å². The topological polar surface area (TPSA) is 160 Å². The molecule has 0 aromatic heterocycles. The average Bonchev–Trinajstić information content (AvgIpc) is 3.57. The molecule has 1 saturated heterocycles. The predicted octanol–water partition coefficient (Wildman–Crippen LogP) is 4.55.